The Kier molecular flexibility index (Phi) is 14.5. The lowest BCUT2D eigenvalue weighted by Crippen LogP contribution is -2.45. The number of rotatable bonds is 13. The van der Waals surface area contributed by atoms with Crippen LogP contribution >= 0.6 is 0 Å². The molecule has 0 amide bonds. The Hall–Kier alpha value is -2.36. The quantitative estimate of drug-likeness (QED) is 0.201. The molecule has 0 aromatic rings. The zero-order valence-corrected chi connectivity index (χ0v) is 22.1. The SMILES string of the molecule is O=C([O-])CN1CCN(CCCCN2CCN(CC(=O)[O-])CCN(CC(=O)[O-])CC2)CCN(CC(=O)[O-])CC1. The van der Waals surface area contributed by atoms with E-state index in [0.29, 0.717) is 78.5 Å². The number of unbranched alkanes of at least 4 members (excludes halogenated alkanes) is 1. The molecule has 0 unspecified atom stereocenters. The first kappa shape index (κ1) is 31.9. The smallest absolute Gasteiger partial charge is 0.0555 e. The largest absolute Gasteiger partial charge is 0.549 e. The number of hydrogen-bond acceptors (Lipinski definition) is 14. The standard InChI is InChI=1S/C24H44N6O8/c31-21(32)17-27-9-5-25(6-10-28(14-13-27)18-22(33)34)3-1-2-4-26-7-11-29(19-23(35)36)15-16-30(12-8-26)20-24(37)38/h1-20H2,(H,31,32)(H,33,34)(H,35,36)(H,37,38)/p-4. The Morgan fingerprint density at radius 3 is 0.737 bits per heavy atom. The summed E-state index contributed by atoms with van der Waals surface area (Å²) in [6, 6.07) is 0. The summed E-state index contributed by atoms with van der Waals surface area (Å²) in [5, 5.41) is 44.4. The van der Waals surface area contributed by atoms with Crippen molar-refractivity contribution in [2.24, 2.45) is 0 Å². The maximum atomic E-state index is 11.1. The van der Waals surface area contributed by atoms with Gasteiger partial charge in [0.25, 0.3) is 0 Å². The molecule has 2 aliphatic rings. The van der Waals surface area contributed by atoms with E-state index in [4.69, 9.17) is 0 Å². The van der Waals surface area contributed by atoms with Gasteiger partial charge in [-0.2, -0.15) is 0 Å². The van der Waals surface area contributed by atoms with E-state index in [1.807, 2.05) is 0 Å². The fraction of sp³-hybridized carbons (Fsp3) is 0.833. The minimum absolute atomic E-state index is 0.203. The highest BCUT2D eigenvalue weighted by Crippen LogP contribution is 2.06. The molecule has 2 rings (SSSR count). The van der Waals surface area contributed by atoms with E-state index in [1.165, 1.54) is 0 Å². The van der Waals surface area contributed by atoms with Gasteiger partial charge < -0.3 is 49.4 Å². The summed E-state index contributed by atoms with van der Waals surface area (Å²) in [6.45, 7) is 7.28. The van der Waals surface area contributed by atoms with Crippen LogP contribution in [0.1, 0.15) is 12.8 Å². The van der Waals surface area contributed by atoms with Crippen LogP contribution < -0.4 is 20.4 Å². The molecule has 2 aliphatic heterocycles. The van der Waals surface area contributed by atoms with Crippen LogP contribution in [0.25, 0.3) is 0 Å². The van der Waals surface area contributed by atoms with E-state index < -0.39 is 23.9 Å². The molecule has 0 radical (unpaired) electrons. The molecule has 0 saturated carbocycles. The van der Waals surface area contributed by atoms with Gasteiger partial charge in [-0.3, -0.25) is 19.6 Å². The molecule has 2 fully saturated rings. The number of carboxylic acid groups (broad SMARTS) is 4. The molecule has 0 aromatic heterocycles. The molecule has 14 heteroatoms. The molecule has 0 aromatic carbocycles. The van der Waals surface area contributed by atoms with Crippen molar-refractivity contribution in [2.45, 2.75) is 12.8 Å². The van der Waals surface area contributed by atoms with Crippen LogP contribution in [-0.4, -0.2) is 171 Å². The van der Waals surface area contributed by atoms with Gasteiger partial charge in [0.1, 0.15) is 0 Å². The summed E-state index contributed by atoms with van der Waals surface area (Å²) in [4.78, 5) is 55.9. The second-order valence-corrected chi connectivity index (χ2v) is 9.98. The van der Waals surface area contributed by atoms with Crippen LogP contribution in [0.3, 0.4) is 0 Å². The second-order valence-electron chi connectivity index (χ2n) is 9.98. The Labute approximate surface area is 224 Å². The minimum Gasteiger partial charge on any atom is -0.549 e. The van der Waals surface area contributed by atoms with Gasteiger partial charge in [0.15, 0.2) is 0 Å². The molecule has 38 heavy (non-hydrogen) atoms. The molecule has 14 nitrogen and oxygen atoms in total. The lowest BCUT2D eigenvalue weighted by molar-refractivity contribution is -0.308. The van der Waals surface area contributed by atoms with E-state index in [1.54, 1.807) is 19.6 Å². The van der Waals surface area contributed by atoms with Gasteiger partial charge in [-0.15, -0.1) is 0 Å². The van der Waals surface area contributed by atoms with Crippen LogP contribution in [-0.2, 0) is 19.2 Å². The van der Waals surface area contributed by atoms with Crippen molar-refractivity contribution in [3.63, 3.8) is 0 Å². The van der Waals surface area contributed by atoms with Crippen molar-refractivity contribution < 1.29 is 39.6 Å². The molecule has 0 bridgehead atoms. The van der Waals surface area contributed by atoms with E-state index in [2.05, 4.69) is 9.80 Å². The van der Waals surface area contributed by atoms with Gasteiger partial charge in [-0.1, -0.05) is 0 Å². The zero-order chi connectivity index (χ0) is 27.9. The Bertz CT molecular complexity index is 654. The van der Waals surface area contributed by atoms with Crippen molar-refractivity contribution in [1.82, 2.24) is 29.4 Å². The fourth-order valence-corrected chi connectivity index (χ4v) is 4.85. The molecular formula is C24H40N6O8-4. The minimum atomic E-state index is -1.16. The van der Waals surface area contributed by atoms with Crippen LogP contribution in [0.15, 0.2) is 0 Å². The van der Waals surface area contributed by atoms with Crippen LogP contribution in [0.4, 0.5) is 0 Å². The van der Waals surface area contributed by atoms with Gasteiger partial charge in [0.05, 0.1) is 23.9 Å². The average Bonchev–Trinajstić information content (AvgIpc) is 2.96. The first-order chi connectivity index (χ1) is 18.1. The predicted molar refractivity (Wildman–Crippen MR) is 128 cm³/mol. The number of hydrogen-bond donors (Lipinski definition) is 0. The van der Waals surface area contributed by atoms with Gasteiger partial charge in [-0.05, 0) is 25.9 Å². The highest BCUT2D eigenvalue weighted by atomic mass is 16.4. The first-order valence-electron chi connectivity index (χ1n) is 13.2. The maximum Gasteiger partial charge on any atom is 0.0555 e. The third-order valence-electron chi connectivity index (χ3n) is 7.00. The third kappa shape index (κ3) is 14.0. The first-order valence-corrected chi connectivity index (χ1v) is 13.2. The predicted octanol–water partition coefficient (Wildman–Crippen LogP) is -7.39. The highest BCUT2D eigenvalue weighted by molar-refractivity contribution is 5.67. The topological polar surface area (TPSA) is 180 Å². The lowest BCUT2D eigenvalue weighted by Gasteiger charge is -2.28. The molecule has 218 valence electrons. The summed E-state index contributed by atoms with van der Waals surface area (Å²) in [5.41, 5.74) is 0. The normalized spacial score (nSPS) is 20.9. The van der Waals surface area contributed by atoms with Gasteiger partial charge in [0, 0.05) is 105 Å². The monoisotopic (exact) mass is 540 g/mol. The van der Waals surface area contributed by atoms with Crippen molar-refractivity contribution in [1.29, 1.82) is 0 Å². The van der Waals surface area contributed by atoms with Gasteiger partial charge >= 0.3 is 0 Å². The van der Waals surface area contributed by atoms with E-state index in [-0.39, 0.29) is 26.2 Å². The van der Waals surface area contributed by atoms with Crippen LogP contribution in [0.2, 0.25) is 0 Å². The Balaban J connectivity index is 1.87. The zero-order valence-electron chi connectivity index (χ0n) is 22.1. The van der Waals surface area contributed by atoms with Crippen LogP contribution in [0, 0.1) is 0 Å². The molecule has 0 N–H and O–H groups in total. The number of nitrogens with zero attached hydrogens (tertiary/aromatic N) is 6. The summed E-state index contributed by atoms with van der Waals surface area (Å²) < 4.78 is 0. The maximum absolute atomic E-state index is 11.1. The number of carboxylic acids is 4. The van der Waals surface area contributed by atoms with Crippen molar-refractivity contribution in [3.05, 3.63) is 0 Å². The number of aliphatic carboxylic acids is 4. The summed E-state index contributed by atoms with van der Waals surface area (Å²) in [6.07, 6.45) is 1.73. The Morgan fingerprint density at radius 2 is 0.553 bits per heavy atom. The van der Waals surface area contributed by atoms with Crippen molar-refractivity contribution in [2.75, 3.05) is 118 Å². The summed E-state index contributed by atoms with van der Waals surface area (Å²) in [5.74, 6) is -4.66. The number of carbonyl (C=O) groups is 4. The van der Waals surface area contributed by atoms with Gasteiger partial charge in [-0.25, -0.2) is 0 Å². The van der Waals surface area contributed by atoms with E-state index in [9.17, 15) is 39.6 Å². The molecule has 0 aliphatic carbocycles. The Morgan fingerprint density at radius 1 is 0.368 bits per heavy atom. The summed E-state index contributed by atoms with van der Waals surface area (Å²) >= 11 is 0. The summed E-state index contributed by atoms with van der Waals surface area (Å²) in [7, 11) is 0. The highest BCUT2D eigenvalue weighted by Gasteiger charge is 2.18. The van der Waals surface area contributed by atoms with E-state index >= 15 is 0 Å². The van der Waals surface area contributed by atoms with E-state index in [0.717, 1.165) is 25.9 Å². The van der Waals surface area contributed by atoms with Gasteiger partial charge in [0.2, 0.25) is 0 Å². The van der Waals surface area contributed by atoms with Crippen molar-refractivity contribution in [3.8, 4) is 0 Å². The molecule has 2 heterocycles. The molecular weight excluding hydrogens is 500 g/mol. The lowest BCUT2D eigenvalue weighted by atomic mass is 10.2. The van der Waals surface area contributed by atoms with Crippen molar-refractivity contribution >= 4 is 23.9 Å². The average molecular weight is 541 g/mol. The number of carbonyl (C=O) groups excluding carboxylic acids is 4. The molecule has 2 saturated heterocycles. The molecule has 0 atom stereocenters. The second kappa shape index (κ2) is 17.3. The van der Waals surface area contributed by atoms with Crippen LogP contribution in [0.5, 0.6) is 0 Å². The fourth-order valence-electron chi connectivity index (χ4n) is 4.85. The molecule has 0 spiro atoms. The third-order valence-corrected chi connectivity index (χ3v) is 7.00.